The Morgan fingerprint density at radius 2 is 1.93 bits per heavy atom. The molecule has 7 heteroatoms. The van der Waals surface area contributed by atoms with Crippen LogP contribution in [0.5, 0.6) is 5.75 Å². The zero-order valence-electron chi connectivity index (χ0n) is 16.8. The molecule has 2 N–H and O–H groups in total. The van der Waals surface area contributed by atoms with Gasteiger partial charge in [0, 0.05) is 4.88 Å². The molecule has 6 nitrogen and oxygen atoms in total. The summed E-state index contributed by atoms with van der Waals surface area (Å²) in [5.41, 5.74) is 2.56. The average Bonchev–Trinajstić information content (AvgIpc) is 3.40. The van der Waals surface area contributed by atoms with E-state index in [0.29, 0.717) is 22.9 Å². The lowest BCUT2D eigenvalue weighted by Gasteiger charge is -2.13. The van der Waals surface area contributed by atoms with Gasteiger partial charge in [0.05, 0.1) is 31.9 Å². The van der Waals surface area contributed by atoms with Gasteiger partial charge in [0.25, 0.3) is 5.91 Å². The highest BCUT2D eigenvalue weighted by Crippen LogP contribution is 2.38. The fraction of sp³-hybridized carbons (Fsp3) is 0.304. The summed E-state index contributed by atoms with van der Waals surface area (Å²) in [6.07, 6.45) is 5.80. The summed E-state index contributed by atoms with van der Waals surface area (Å²) >= 11 is 1.52. The van der Waals surface area contributed by atoms with E-state index in [2.05, 4.69) is 10.6 Å². The average molecular weight is 425 g/mol. The van der Waals surface area contributed by atoms with E-state index in [1.54, 1.807) is 19.4 Å². The van der Waals surface area contributed by atoms with Gasteiger partial charge in [-0.15, -0.1) is 11.3 Å². The minimum atomic E-state index is -0.175. The van der Waals surface area contributed by atoms with Crippen molar-refractivity contribution >= 4 is 28.2 Å². The van der Waals surface area contributed by atoms with Crippen LogP contribution in [0, 0.1) is 0 Å². The van der Waals surface area contributed by atoms with Crippen LogP contribution < -0.4 is 15.4 Å². The molecule has 2 amide bonds. The van der Waals surface area contributed by atoms with E-state index in [-0.39, 0.29) is 18.2 Å². The maximum Gasteiger partial charge on any atom is 0.254 e. The minimum absolute atomic E-state index is 0.140. The zero-order valence-corrected chi connectivity index (χ0v) is 17.6. The highest BCUT2D eigenvalue weighted by molar-refractivity contribution is 7.17. The molecule has 0 atom stereocenters. The van der Waals surface area contributed by atoms with E-state index in [1.807, 2.05) is 30.3 Å². The van der Waals surface area contributed by atoms with Crippen molar-refractivity contribution in [3.05, 3.63) is 70.0 Å². The number of ether oxygens (including phenoxy) is 1. The topological polar surface area (TPSA) is 80.6 Å². The molecule has 4 rings (SSSR count). The smallest absolute Gasteiger partial charge is 0.254 e. The first-order valence-corrected chi connectivity index (χ1v) is 10.8. The van der Waals surface area contributed by atoms with Crippen molar-refractivity contribution in [3.8, 4) is 5.75 Å². The molecule has 0 fully saturated rings. The molecule has 2 heterocycles. The van der Waals surface area contributed by atoms with Crippen molar-refractivity contribution in [3.63, 3.8) is 0 Å². The Balaban J connectivity index is 1.50. The molecule has 0 aliphatic heterocycles. The van der Waals surface area contributed by atoms with Gasteiger partial charge in [0.15, 0.2) is 0 Å². The summed E-state index contributed by atoms with van der Waals surface area (Å²) in [6.45, 7) is 0.315. The van der Waals surface area contributed by atoms with Gasteiger partial charge in [-0.2, -0.15) is 0 Å². The van der Waals surface area contributed by atoms with E-state index in [4.69, 9.17) is 9.15 Å². The molecule has 2 aromatic heterocycles. The fourth-order valence-electron chi connectivity index (χ4n) is 3.66. The molecule has 156 valence electrons. The minimum Gasteiger partial charge on any atom is -0.497 e. The Bertz CT molecular complexity index is 1020. The van der Waals surface area contributed by atoms with Gasteiger partial charge in [-0.1, -0.05) is 12.1 Å². The first-order valence-electron chi connectivity index (χ1n) is 10.0. The third-order valence-corrected chi connectivity index (χ3v) is 6.39. The van der Waals surface area contributed by atoms with Crippen LogP contribution in [-0.4, -0.2) is 18.9 Å². The Labute approximate surface area is 179 Å². The van der Waals surface area contributed by atoms with E-state index < -0.39 is 0 Å². The Hall–Kier alpha value is -3.06. The third-order valence-electron chi connectivity index (χ3n) is 5.18. The standard InChI is InChI=1S/C23H24N2O4S/c1-28-16-10-8-15(9-11-16)13-20(26)25-23-21(18-6-2-3-7-19(18)30-23)22(27)24-14-17-5-4-12-29-17/h4-5,8-12H,2-3,6-7,13-14H2,1H3,(H,24,27)(H,25,26). The van der Waals surface area contributed by atoms with Crippen LogP contribution in [0.25, 0.3) is 0 Å². The monoisotopic (exact) mass is 424 g/mol. The van der Waals surface area contributed by atoms with Crippen LogP contribution >= 0.6 is 11.3 Å². The summed E-state index contributed by atoms with van der Waals surface area (Å²) in [7, 11) is 1.61. The molecule has 0 unspecified atom stereocenters. The molecular weight excluding hydrogens is 400 g/mol. The van der Waals surface area contributed by atoms with Crippen molar-refractivity contribution in [2.24, 2.45) is 0 Å². The van der Waals surface area contributed by atoms with Crippen molar-refractivity contribution in [1.29, 1.82) is 0 Å². The molecule has 3 aromatic rings. The Morgan fingerprint density at radius 3 is 2.67 bits per heavy atom. The number of hydrogen-bond acceptors (Lipinski definition) is 5. The quantitative estimate of drug-likeness (QED) is 0.591. The SMILES string of the molecule is COc1ccc(CC(=O)Nc2sc3c(c2C(=O)NCc2ccco2)CCCC3)cc1. The van der Waals surface area contributed by atoms with Crippen LogP contribution in [0.1, 0.15) is 45.0 Å². The molecule has 0 spiro atoms. The second-order valence-electron chi connectivity index (χ2n) is 7.25. The first kappa shape index (κ1) is 20.2. The van der Waals surface area contributed by atoms with Crippen molar-refractivity contribution < 1.29 is 18.7 Å². The number of methoxy groups -OCH3 is 1. The van der Waals surface area contributed by atoms with Crippen LogP contribution in [0.3, 0.4) is 0 Å². The number of nitrogens with one attached hydrogen (secondary N) is 2. The molecule has 0 saturated heterocycles. The summed E-state index contributed by atoms with van der Waals surface area (Å²) in [4.78, 5) is 26.9. The first-order chi connectivity index (χ1) is 14.6. The second kappa shape index (κ2) is 9.17. The van der Waals surface area contributed by atoms with Gasteiger partial charge in [-0.3, -0.25) is 9.59 Å². The van der Waals surface area contributed by atoms with Crippen molar-refractivity contribution in [1.82, 2.24) is 5.32 Å². The predicted molar refractivity (Wildman–Crippen MR) is 116 cm³/mol. The third kappa shape index (κ3) is 4.57. The predicted octanol–water partition coefficient (Wildman–Crippen LogP) is 4.34. The van der Waals surface area contributed by atoms with Crippen LogP contribution in [0.2, 0.25) is 0 Å². The summed E-state index contributed by atoms with van der Waals surface area (Å²) in [6, 6.07) is 11.0. The normalized spacial score (nSPS) is 12.8. The summed E-state index contributed by atoms with van der Waals surface area (Å²) in [5, 5.41) is 6.54. The van der Waals surface area contributed by atoms with E-state index in [0.717, 1.165) is 42.6 Å². The lowest BCUT2D eigenvalue weighted by Crippen LogP contribution is -2.25. The molecule has 0 saturated carbocycles. The lowest BCUT2D eigenvalue weighted by atomic mass is 9.95. The maximum atomic E-state index is 13.0. The van der Waals surface area contributed by atoms with E-state index in [9.17, 15) is 9.59 Å². The molecule has 0 bridgehead atoms. The lowest BCUT2D eigenvalue weighted by molar-refractivity contribution is -0.115. The summed E-state index contributed by atoms with van der Waals surface area (Å²) < 4.78 is 10.5. The number of hydrogen-bond donors (Lipinski definition) is 2. The fourth-order valence-corrected chi connectivity index (χ4v) is 4.97. The van der Waals surface area contributed by atoms with Gasteiger partial charge < -0.3 is 19.8 Å². The Morgan fingerprint density at radius 1 is 1.13 bits per heavy atom. The number of aryl methyl sites for hydroxylation is 1. The summed E-state index contributed by atoms with van der Waals surface area (Å²) in [5.74, 6) is 1.13. The number of rotatable bonds is 7. The molecular formula is C23H24N2O4S. The Kier molecular flexibility index (Phi) is 6.18. The number of benzene rings is 1. The number of anilines is 1. The number of furan rings is 1. The van der Waals surface area contributed by atoms with Gasteiger partial charge in [-0.25, -0.2) is 0 Å². The molecule has 30 heavy (non-hydrogen) atoms. The zero-order chi connectivity index (χ0) is 20.9. The van der Waals surface area contributed by atoms with Gasteiger partial charge in [-0.05, 0) is 61.1 Å². The van der Waals surface area contributed by atoms with E-state index in [1.165, 1.54) is 16.2 Å². The molecule has 0 radical (unpaired) electrons. The van der Waals surface area contributed by atoms with E-state index >= 15 is 0 Å². The van der Waals surface area contributed by atoms with Gasteiger partial charge in [0.1, 0.15) is 16.5 Å². The second-order valence-corrected chi connectivity index (χ2v) is 8.36. The highest BCUT2D eigenvalue weighted by Gasteiger charge is 2.26. The largest absolute Gasteiger partial charge is 0.497 e. The highest BCUT2D eigenvalue weighted by atomic mass is 32.1. The number of carbonyl (C=O) groups is 2. The maximum absolute atomic E-state index is 13.0. The molecule has 1 aliphatic carbocycles. The van der Waals surface area contributed by atoms with Crippen molar-refractivity contribution in [2.45, 2.75) is 38.6 Å². The van der Waals surface area contributed by atoms with Gasteiger partial charge >= 0.3 is 0 Å². The van der Waals surface area contributed by atoms with Crippen LogP contribution in [-0.2, 0) is 30.6 Å². The number of amides is 2. The van der Waals surface area contributed by atoms with Crippen LogP contribution in [0.4, 0.5) is 5.00 Å². The number of carbonyl (C=O) groups excluding carboxylic acids is 2. The molecule has 1 aliphatic rings. The van der Waals surface area contributed by atoms with Crippen LogP contribution in [0.15, 0.2) is 47.1 Å². The molecule has 1 aromatic carbocycles. The van der Waals surface area contributed by atoms with Gasteiger partial charge in [0.2, 0.25) is 5.91 Å². The number of thiophene rings is 1. The number of fused-ring (bicyclic) bond motifs is 1. The van der Waals surface area contributed by atoms with Crippen molar-refractivity contribution in [2.75, 3.05) is 12.4 Å².